The van der Waals surface area contributed by atoms with E-state index in [4.69, 9.17) is 4.74 Å². The van der Waals surface area contributed by atoms with Gasteiger partial charge >= 0.3 is 0 Å². The zero-order chi connectivity index (χ0) is 11.4. The fraction of sp³-hybridized carbons (Fsp3) is 0.692. The van der Waals surface area contributed by atoms with E-state index in [1.54, 1.807) is 11.3 Å². The summed E-state index contributed by atoms with van der Waals surface area (Å²) in [5, 5.41) is 7.97. The van der Waals surface area contributed by atoms with Crippen LogP contribution >= 0.6 is 11.3 Å². The SMILES string of the molecule is CCNC(CC1(OC)CCC1)c1ccsc1. The first-order valence-electron chi connectivity index (χ1n) is 6.10. The standard InChI is InChI=1S/C13H21NOS/c1-3-14-12(11-5-8-16-10-11)9-13(15-2)6-4-7-13/h5,8,10,12,14H,3-4,6-7,9H2,1-2H3. The maximum atomic E-state index is 5.71. The summed E-state index contributed by atoms with van der Waals surface area (Å²) in [7, 11) is 1.86. The van der Waals surface area contributed by atoms with Crippen molar-refractivity contribution in [3.8, 4) is 0 Å². The molecule has 1 atom stereocenters. The third kappa shape index (κ3) is 2.47. The zero-order valence-electron chi connectivity index (χ0n) is 10.2. The molecule has 1 fully saturated rings. The van der Waals surface area contributed by atoms with Crippen molar-refractivity contribution >= 4 is 11.3 Å². The molecule has 2 rings (SSSR count). The normalized spacial score (nSPS) is 20.4. The third-order valence-corrected chi connectivity index (χ3v) is 4.37. The van der Waals surface area contributed by atoms with Gasteiger partial charge in [-0.15, -0.1) is 0 Å². The lowest BCUT2D eigenvalue weighted by Crippen LogP contribution is -2.42. The van der Waals surface area contributed by atoms with Crippen LogP contribution in [0.2, 0.25) is 0 Å². The van der Waals surface area contributed by atoms with Gasteiger partial charge in [-0.25, -0.2) is 0 Å². The number of rotatable bonds is 6. The summed E-state index contributed by atoms with van der Waals surface area (Å²) in [4.78, 5) is 0. The van der Waals surface area contributed by atoms with Crippen LogP contribution < -0.4 is 5.32 Å². The summed E-state index contributed by atoms with van der Waals surface area (Å²) in [6.45, 7) is 3.18. The molecule has 2 nitrogen and oxygen atoms in total. The Hall–Kier alpha value is -0.380. The molecule has 1 aliphatic carbocycles. The van der Waals surface area contributed by atoms with Gasteiger partial charge in [-0.1, -0.05) is 6.92 Å². The molecule has 0 amide bonds. The molecule has 0 aliphatic heterocycles. The number of ether oxygens (including phenoxy) is 1. The molecule has 1 aromatic heterocycles. The van der Waals surface area contributed by atoms with E-state index in [0.717, 1.165) is 13.0 Å². The van der Waals surface area contributed by atoms with Gasteiger partial charge in [-0.05, 0) is 54.6 Å². The van der Waals surface area contributed by atoms with E-state index in [1.807, 2.05) is 7.11 Å². The Bertz CT molecular complexity index is 300. The molecule has 0 aromatic carbocycles. The molecular weight excluding hydrogens is 218 g/mol. The monoisotopic (exact) mass is 239 g/mol. The highest BCUT2D eigenvalue weighted by atomic mass is 32.1. The first-order chi connectivity index (χ1) is 7.79. The quantitative estimate of drug-likeness (QED) is 0.822. The van der Waals surface area contributed by atoms with Gasteiger partial charge in [0.05, 0.1) is 5.60 Å². The summed E-state index contributed by atoms with van der Waals surface area (Å²) in [6, 6.07) is 2.68. The lowest BCUT2D eigenvalue weighted by molar-refractivity contribution is -0.0837. The molecule has 3 heteroatoms. The Morgan fingerprint density at radius 1 is 1.56 bits per heavy atom. The van der Waals surface area contributed by atoms with Crippen molar-refractivity contribution in [3.63, 3.8) is 0 Å². The Morgan fingerprint density at radius 2 is 2.38 bits per heavy atom. The maximum absolute atomic E-state index is 5.71. The van der Waals surface area contributed by atoms with Gasteiger partial charge in [0.2, 0.25) is 0 Å². The number of hydrogen-bond acceptors (Lipinski definition) is 3. The van der Waals surface area contributed by atoms with Crippen molar-refractivity contribution in [2.45, 2.75) is 44.2 Å². The lowest BCUT2D eigenvalue weighted by atomic mass is 9.75. The average molecular weight is 239 g/mol. The largest absolute Gasteiger partial charge is 0.378 e. The summed E-state index contributed by atoms with van der Waals surface area (Å²) >= 11 is 1.77. The van der Waals surface area contributed by atoms with Crippen LogP contribution in [-0.2, 0) is 4.74 Å². The number of thiophene rings is 1. The highest BCUT2D eigenvalue weighted by molar-refractivity contribution is 7.07. The highest BCUT2D eigenvalue weighted by Crippen LogP contribution is 2.42. The second-order valence-electron chi connectivity index (χ2n) is 4.61. The first-order valence-corrected chi connectivity index (χ1v) is 7.04. The van der Waals surface area contributed by atoms with Gasteiger partial charge in [0.25, 0.3) is 0 Å². The van der Waals surface area contributed by atoms with Crippen molar-refractivity contribution in [1.82, 2.24) is 5.32 Å². The molecule has 1 aliphatic rings. The van der Waals surface area contributed by atoms with Crippen molar-refractivity contribution in [3.05, 3.63) is 22.4 Å². The molecule has 0 radical (unpaired) electrons. The number of methoxy groups -OCH3 is 1. The average Bonchev–Trinajstić information content (AvgIpc) is 2.75. The Kier molecular flexibility index (Phi) is 4.00. The summed E-state index contributed by atoms with van der Waals surface area (Å²) in [5.74, 6) is 0. The van der Waals surface area contributed by atoms with Crippen LogP contribution in [0, 0.1) is 0 Å². The van der Waals surface area contributed by atoms with Crippen molar-refractivity contribution in [2.75, 3.05) is 13.7 Å². The second-order valence-corrected chi connectivity index (χ2v) is 5.39. The van der Waals surface area contributed by atoms with Crippen molar-refractivity contribution in [1.29, 1.82) is 0 Å². The highest BCUT2D eigenvalue weighted by Gasteiger charge is 2.39. The van der Waals surface area contributed by atoms with Crippen LogP contribution in [0.25, 0.3) is 0 Å². The smallest absolute Gasteiger partial charge is 0.0697 e. The van der Waals surface area contributed by atoms with Gasteiger partial charge in [-0.2, -0.15) is 11.3 Å². The molecule has 1 N–H and O–H groups in total. The summed E-state index contributed by atoms with van der Waals surface area (Å²) in [6.07, 6.45) is 4.86. The molecule has 0 saturated heterocycles. The molecule has 1 heterocycles. The molecule has 16 heavy (non-hydrogen) atoms. The van der Waals surface area contributed by atoms with Crippen LogP contribution in [0.1, 0.15) is 44.2 Å². The Labute approximate surface area is 102 Å². The van der Waals surface area contributed by atoms with Crippen LogP contribution in [-0.4, -0.2) is 19.3 Å². The Balaban J connectivity index is 2.02. The number of nitrogens with one attached hydrogen (secondary N) is 1. The molecule has 90 valence electrons. The van der Waals surface area contributed by atoms with E-state index in [0.29, 0.717) is 6.04 Å². The van der Waals surface area contributed by atoms with Crippen LogP contribution in [0.5, 0.6) is 0 Å². The summed E-state index contributed by atoms with van der Waals surface area (Å²) in [5.41, 5.74) is 1.56. The van der Waals surface area contributed by atoms with Crippen LogP contribution in [0.3, 0.4) is 0 Å². The number of hydrogen-bond donors (Lipinski definition) is 1. The predicted molar refractivity (Wildman–Crippen MR) is 68.9 cm³/mol. The molecule has 1 unspecified atom stereocenters. The van der Waals surface area contributed by atoms with Crippen molar-refractivity contribution in [2.24, 2.45) is 0 Å². The fourth-order valence-electron chi connectivity index (χ4n) is 2.46. The van der Waals surface area contributed by atoms with Gasteiger partial charge < -0.3 is 10.1 Å². The van der Waals surface area contributed by atoms with E-state index >= 15 is 0 Å². The van der Waals surface area contributed by atoms with E-state index in [1.165, 1.54) is 24.8 Å². The molecule has 1 saturated carbocycles. The lowest BCUT2D eigenvalue weighted by Gasteiger charge is -2.43. The summed E-state index contributed by atoms with van der Waals surface area (Å²) < 4.78 is 5.71. The topological polar surface area (TPSA) is 21.3 Å². The fourth-order valence-corrected chi connectivity index (χ4v) is 3.18. The third-order valence-electron chi connectivity index (χ3n) is 3.67. The van der Waals surface area contributed by atoms with Crippen molar-refractivity contribution < 1.29 is 4.74 Å². The minimum atomic E-state index is 0.148. The molecule has 0 bridgehead atoms. The van der Waals surface area contributed by atoms with Gasteiger partial charge in [0.1, 0.15) is 0 Å². The van der Waals surface area contributed by atoms with Gasteiger partial charge in [-0.3, -0.25) is 0 Å². The van der Waals surface area contributed by atoms with Gasteiger partial charge in [0, 0.05) is 13.2 Å². The second kappa shape index (κ2) is 5.30. The molecule has 1 aromatic rings. The first kappa shape index (κ1) is 12.1. The Morgan fingerprint density at radius 3 is 2.81 bits per heavy atom. The van der Waals surface area contributed by atoms with E-state index in [2.05, 4.69) is 29.1 Å². The van der Waals surface area contributed by atoms with E-state index in [-0.39, 0.29) is 5.60 Å². The van der Waals surface area contributed by atoms with Crippen LogP contribution in [0.15, 0.2) is 16.8 Å². The van der Waals surface area contributed by atoms with Gasteiger partial charge in [0.15, 0.2) is 0 Å². The van der Waals surface area contributed by atoms with E-state index < -0.39 is 0 Å². The zero-order valence-corrected chi connectivity index (χ0v) is 11.0. The molecular formula is C13H21NOS. The van der Waals surface area contributed by atoms with Crippen LogP contribution in [0.4, 0.5) is 0 Å². The minimum Gasteiger partial charge on any atom is -0.378 e. The van der Waals surface area contributed by atoms with E-state index in [9.17, 15) is 0 Å². The maximum Gasteiger partial charge on any atom is 0.0697 e. The molecule has 0 spiro atoms. The minimum absolute atomic E-state index is 0.148. The predicted octanol–water partition coefficient (Wildman–Crippen LogP) is 3.36.